The topological polar surface area (TPSA) is 93.8 Å². The van der Waals surface area contributed by atoms with E-state index in [4.69, 9.17) is 20.3 Å². The molecular weight excluding hydrogens is 296 g/mol. The van der Waals surface area contributed by atoms with Gasteiger partial charge in [-0.2, -0.15) is 0 Å². The van der Waals surface area contributed by atoms with E-state index in [1.807, 2.05) is 30.3 Å². The van der Waals surface area contributed by atoms with Crippen LogP contribution in [0, 0.1) is 0 Å². The van der Waals surface area contributed by atoms with Crippen molar-refractivity contribution >= 4 is 11.6 Å². The van der Waals surface area contributed by atoms with E-state index < -0.39 is 18.1 Å². The third-order valence-electron chi connectivity index (χ3n) is 3.70. The van der Waals surface area contributed by atoms with Gasteiger partial charge in [-0.05, 0) is 42.3 Å². The van der Waals surface area contributed by atoms with Crippen LogP contribution in [0.25, 0.3) is 11.1 Å². The lowest BCUT2D eigenvalue weighted by Crippen LogP contribution is -2.51. The van der Waals surface area contributed by atoms with Gasteiger partial charge in [0.1, 0.15) is 5.54 Å². The highest BCUT2D eigenvalue weighted by Gasteiger charge is 2.27. The van der Waals surface area contributed by atoms with E-state index in [-0.39, 0.29) is 6.79 Å². The second-order valence-electron chi connectivity index (χ2n) is 5.68. The first-order valence-electron chi connectivity index (χ1n) is 7.21. The molecule has 23 heavy (non-hydrogen) atoms. The van der Waals surface area contributed by atoms with Crippen molar-refractivity contribution in [2.75, 3.05) is 18.7 Å². The molecule has 1 heterocycles. The van der Waals surface area contributed by atoms with E-state index in [1.54, 1.807) is 12.1 Å². The third-order valence-corrected chi connectivity index (χ3v) is 3.70. The number of hydrogen-bond donors (Lipinski definition) is 3. The van der Waals surface area contributed by atoms with Crippen LogP contribution in [0.4, 0.5) is 5.69 Å². The van der Waals surface area contributed by atoms with E-state index in [9.17, 15) is 4.79 Å². The highest BCUT2D eigenvalue weighted by Crippen LogP contribution is 2.36. The van der Waals surface area contributed by atoms with Gasteiger partial charge >= 0.3 is 0 Å². The number of carbonyl (C=O) groups is 1. The van der Waals surface area contributed by atoms with E-state index in [1.165, 1.54) is 6.92 Å². The molecule has 0 saturated heterocycles. The lowest BCUT2D eigenvalue weighted by molar-refractivity contribution is -0.121. The van der Waals surface area contributed by atoms with Crippen LogP contribution in [0.5, 0.6) is 11.5 Å². The van der Waals surface area contributed by atoms with Crippen molar-refractivity contribution in [2.45, 2.75) is 12.5 Å². The predicted octanol–water partition coefficient (Wildman–Crippen LogP) is 1.73. The maximum Gasteiger partial charge on any atom is 0.246 e. The Bertz CT molecular complexity index is 726. The SMILES string of the molecule is CC(N)(CO)C(=O)Nc1ccc(-c2ccc3c(c2)OCO3)cc1. The fourth-order valence-corrected chi connectivity index (χ4v) is 2.17. The molecule has 4 N–H and O–H groups in total. The molecule has 1 unspecified atom stereocenters. The largest absolute Gasteiger partial charge is 0.454 e. The zero-order valence-corrected chi connectivity index (χ0v) is 12.7. The molecule has 0 aliphatic carbocycles. The van der Waals surface area contributed by atoms with E-state index in [2.05, 4.69) is 5.32 Å². The van der Waals surface area contributed by atoms with Gasteiger partial charge in [-0.1, -0.05) is 18.2 Å². The summed E-state index contributed by atoms with van der Waals surface area (Å²) < 4.78 is 10.7. The van der Waals surface area contributed by atoms with Gasteiger partial charge < -0.3 is 25.6 Å². The van der Waals surface area contributed by atoms with Gasteiger partial charge in [-0.15, -0.1) is 0 Å². The second-order valence-corrected chi connectivity index (χ2v) is 5.68. The summed E-state index contributed by atoms with van der Waals surface area (Å²) in [4.78, 5) is 11.9. The number of rotatable bonds is 4. The number of ether oxygens (including phenoxy) is 2. The van der Waals surface area contributed by atoms with Crippen LogP contribution in [0.2, 0.25) is 0 Å². The zero-order valence-electron chi connectivity index (χ0n) is 12.7. The summed E-state index contributed by atoms with van der Waals surface area (Å²) >= 11 is 0. The predicted molar refractivity (Wildman–Crippen MR) is 86.3 cm³/mol. The number of anilines is 1. The third kappa shape index (κ3) is 3.13. The summed E-state index contributed by atoms with van der Waals surface area (Å²) in [6.45, 7) is 1.30. The van der Waals surface area contributed by atoms with Crippen LogP contribution < -0.4 is 20.5 Å². The summed E-state index contributed by atoms with van der Waals surface area (Å²) in [6, 6.07) is 13.1. The van der Waals surface area contributed by atoms with Crippen molar-refractivity contribution in [3.63, 3.8) is 0 Å². The molecule has 1 atom stereocenters. The number of carbonyl (C=O) groups excluding carboxylic acids is 1. The first-order chi connectivity index (χ1) is 11.0. The maximum absolute atomic E-state index is 11.9. The molecule has 0 fully saturated rings. The minimum absolute atomic E-state index is 0.243. The van der Waals surface area contributed by atoms with E-state index in [0.717, 1.165) is 22.6 Å². The number of aliphatic hydroxyl groups is 1. The van der Waals surface area contributed by atoms with Crippen LogP contribution in [-0.4, -0.2) is 30.0 Å². The first-order valence-corrected chi connectivity index (χ1v) is 7.21. The molecule has 1 aliphatic heterocycles. The lowest BCUT2D eigenvalue weighted by Gasteiger charge is -2.20. The van der Waals surface area contributed by atoms with Crippen LogP contribution in [0.1, 0.15) is 6.92 Å². The van der Waals surface area contributed by atoms with Crippen molar-refractivity contribution in [3.8, 4) is 22.6 Å². The Balaban J connectivity index is 1.76. The number of aliphatic hydroxyl groups excluding tert-OH is 1. The summed E-state index contributed by atoms with van der Waals surface area (Å²) in [5, 5.41) is 11.8. The molecule has 1 amide bonds. The minimum Gasteiger partial charge on any atom is -0.454 e. The molecule has 1 aliphatic rings. The molecule has 2 aromatic carbocycles. The number of amides is 1. The fraction of sp³-hybridized carbons (Fsp3) is 0.235. The molecule has 0 bridgehead atoms. The lowest BCUT2D eigenvalue weighted by atomic mass is 10.0. The van der Waals surface area contributed by atoms with Gasteiger partial charge in [0.25, 0.3) is 0 Å². The van der Waals surface area contributed by atoms with Crippen LogP contribution in [0.3, 0.4) is 0 Å². The minimum atomic E-state index is -1.31. The smallest absolute Gasteiger partial charge is 0.246 e. The molecule has 3 rings (SSSR count). The molecule has 120 valence electrons. The molecule has 6 nitrogen and oxygen atoms in total. The highest BCUT2D eigenvalue weighted by molar-refractivity contribution is 5.97. The van der Waals surface area contributed by atoms with E-state index >= 15 is 0 Å². The Morgan fingerprint density at radius 1 is 1.17 bits per heavy atom. The standard InChI is InChI=1S/C17H18N2O4/c1-17(18,9-20)16(21)19-13-5-2-11(3-6-13)12-4-7-14-15(8-12)23-10-22-14/h2-8,20H,9-10,18H2,1H3,(H,19,21). The van der Waals surface area contributed by atoms with Gasteiger partial charge in [0.2, 0.25) is 12.7 Å². The summed E-state index contributed by atoms with van der Waals surface area (Å²) in [5.74, 6) is 1.03. The zero-order chi connectivity index (χ0) is 16.4. The molecule has 0 radical (unpaired) electrons. The number of nitrogens with two attached hydrogens (primary N) is 1. The van der Waals surface area contributed by atoms with Crippen LogP contribution >= 0.6 is 0 Å². The van der Waals surface area contributed by atoms with Gasteiger partial charge in [-0.3, -0.25) is 4.79 Å². The monoisotopic (exact) mass is 314 g/mol. The summed E-state index contributed by atoms with van der Waals surface area (Å²) in [5.41, 5.74) is 6.98. The van der Waals surface area contributed by atoms with Gasteiger partial charge in [0, 0.05) is 5.69 Å². The fourth-order valence-electron chi connectivity index (χ4n) is 2.17. The molecule has 0 saturated carbocycles. The highest BCUT2D eigenvalue weighted by atomic mass is 16.7. The number of benzene rings is 2. The van der Waals surface area contributed by atoms with Crippen LogP contribution in [0.15, 0.2) is 42.5 Å². The number of nitrogens with one attached hydrogen (secondary N) is 1. The Labute approximate surface area is 133 Å². The van der Waals surface area contributed by atoms with Gasteiger partial charge in [0.05, 0.1) is 6.61 Å². The molecular formula is C17H18N2O4. The van der Waals surface area contributed by atoms with Crippen molar-refractivity contribution in [1.82, 2.24) is 0 Å². The van der Waals surface area contributed by atoms with E-state index in [0.29, 0.717) is 5.69 Å². The number of fused-ring (bicyclic) bond motifs is 1. The first kappa shape index (κ1) is 15.3. The maximum atomic E-state index is 11.9. The summed E-state index contributed by atoms with van der Waals surface area (Å²) in [7, 11) is 0. The Hall–Kier alpha value is -2.57. The van der Waals surface area contributed by atoms with Crippen molar-refractivity contribution in [1.29, 1.82) is 0 Å². The molecule has 0 aromatic heterocycles. The molecule has 2 aromatic rings. The van der Waals surface area contributed by atoms with Crippen molar-refractivity contribution in [3.05, 3.63) is 42.5 Å². The molecule has 6 heteroatoms. The second kappa shape index (κ2) is 5.91. The Kier molecular flexibility index (Phi) is 3.94. The van der Waals surface area contributed by atoms with Crippen molar-refractivity contribution < 1.29 is 19.4 Å². The Morgan fingerprint density at radius 2 is 1.83 bits per heavy atom. The van der Waals surface area contributed by atoms with Gasteiger partial charge in [0.15, 0.2) is 11.5 Å². The van der Waals surface area contributed by atoms with Gasteiger partial charge in [-0.25, -0.2) is 0 Å². The van der Waals surface area contributed by atoms with Crippen molar-refractivity contribution in [2.24, 2.45) is 5.73 Å². The normalized spacial score (nSPS) is 15.1. The average molecular weight is 314 g/mol. The summed E-state index contributed by atoms with van der Waals surface area (Å²) in [6.07, 6.45) is 0. The number of hydrogen-bond acceptors (Lipinski definition) is 5. The average Bonchev–Trinajstić information content (AvgIpc) is 3.03. The quantitative estimate of drug-likeness (QED) is 0.799. The van der Waals surface area contributed by atoms with Crippen LogP contribution in [-0.2, 0) is 4.79 Å². The molecule has 0 spiro atoms. The Morgan fingerprint density at radius 3 is 2.52 bits per heavy atom.